The first-order valence-electron chi connectivity index (χ1n) is 5.64. The molecule has 1 fully saturated rings. The second-order valence-electron chi connectivity index (χ2n) is 4.30. The second-order valence-corrected chi connectivity index (χ2v) is 4.30. The summed E-state index contributed by atoms with van der Waals surface area (Å²) < 4.78 is 4.88. The van der Waals surface area contributed by atoms with E-state index in [9.17, 15) is 9.59 Å². The Morgan fingerprint density at radius 3 is 2.69 bits per heavy atom. The molecule has 0 spiro atoms. The van der Waals surface area contributed by atoms with Gasteiger partial charge in [0.25, 0.3) is 0 Å². The van der Waals surface area contributed by atoms with Gasteiger partial charge in [0.2, 0.25) is 5.91 Å². The molecule has 1 amide bonds. The van der Waals surface area contributed by atoms with Gasteiger partial charge < -0.3 is 15.0 Å². The molecule has 1 N–H and O–H groups in total. The van der Waals surface area contributed by atoms with Gasteiger partial charge in [0.15, 0.2) is 0 Å². The van der Waals surface area contributed by atoms with E-state index < -0.39 is 0 Å². The molecular weight excluding hydrogens is 208 g/mol. The van der Waals surface area contributed by atoms with Crippen molar-refractivity contribution in [1.29, 1.82) is 0 Å². The van der Waals surface area contributed by atoms with Gasteiger partial charge in [-0.3, -0.25) is 9.59 Å². The minimum absolute atomic E-state index is 0.0753. The smallest absolute Gasteiger partial charge is 0.306 e. The standard InChI is InChI=1S/C11H20N2O3/c1-4-16-10(14)6-8-5-9(12-7-8)11(15)13(2)3/h8-9,12H,4-7H2,1-3H3/t8-,9+/m1/s1. The van der Waals surface area contributed by atoms with Crippen LogP contribution in [-0.4, -0.2) is 50.1 Å². The van der Waals surface area contributed by atoms with Crippen LogP contribution in [0.5, 0.6) is 0 Å². The highest BCUT2D eigenvalue weighted by Crippen LogP contribution is 2.19. The summed E-state index contributed by atoms with van der Waals surface area (Å²) in [7, 11) is 3.48. The molecule has 1 aliphatic heterocycles. The SMILES string of the molecule is CCOC(=O)C[C@@H]1CN[C@H](C(=O)N(C)C)C1. The van der Waals surface area contributed by atoms with Gasteiger partial charge >= 0.3 is 5.97 Å². The Bertz CT molecular complexity index is 266. The first-order chi connectivity index (χ1) is 7.54. The van der Waals surface area contributed by atoms with E-state index >= 15 is 0 Å². The zero-order valence-electron chi connectivity index (χ0n) is 10.2. The minimum atomic E-state index is -0.174. The third kappa shape index (κ3) is 3.48. The summed E-state index contributed by atoms with van der Waals surface area (Å²) in [6.45, 7) is 2.92. The number of ether oxygens (including phenoxy) is 1. The molecule has 5 nitrogen and oxygen atoms in total. The summed E-state index contributed by atoms with van der Waals surface area (Å²) in [6, 6.07) is -0.144. The average molecular weight is 228 g/mol. The number of rotatable bonds is 4. The van der Waals surface area contributed by atoms with Crippen LogP contribution in [0.3, 0.4) is 0 Å². The summed E-state index contributed by atoms with van der Waals surface area (Å²) in [5, 5.41) is 3.14. The molecule has 16 heavy (non-hydrogen) atoms. The number of nitrogens with one attached hydrogen (secondary N) is 1. The summed E-state index contributed by atoms with van der Waals surface area (Å²) in [5.41, 5.74) is 0. The normalized spacial score (nSPS) is 24.2. The summed E-state index contributed by atoms with van der Waals surface area (Å²) >= 11 is 0. The van der Waals surface area contributed by atoms with Crippen LogP contribution in [0.25, 0.3) is 0 Å². The molecule has 1 rings (SSSR count). The van der Waals surface area contributed by atoms with Crippen molar-refractivity contribution in [2.24, 2.45) is 5.92 Å². The number of nitrogens with zero attached hydrogens (tertiary/aromatic N) is 1. The molecule has 1 aliphatic rings. The van der Waals surface area contributed by atoms with Crippen molar-refractivity contribution in [2.45, 2.75) is 25.8 Å². The van der Waals surface area contributed by atoms with Gasteiger partial charge in [-0.2, -0.15) is 0 Å². The van der Waals surface area contributed by atoms with Crippen molar-refractivity contribution >= 4 is 11.9 Å². The van der Waals surface area contributed by atoms with Crippen LogP contribution in [0.2, 0.25) is 0 Å². The number of hydrogen-bond donors (Lipinski definition) is 1. The quantitative estimate of drug-likeness (QED) is 0.688. The zero-order valence-corrected chi connectivity index (χ0v) is 10.2. The number of hydrogen-bond acceptors (Lipinski definition) is 4. The molecule has 92 valence electrons. The Morgan fingerprint density at radius 2 is 2.12 bits per heavy atom. The first kappa shape index (κ1) is 13.0. The number of likely N-dealkylation sites (N-methyl/N-ethyl adjacent to an activating group) is 1. The molecule has 0 bridgehead atoms. The van der Waals surface area contributed by atoms with Crippen LogP contribution in [0.4, 0.5) is 0 Å². The van der Waals surface area contributed by atoms with Gasteiger partial charge in [-0.25, -0.2) is 0 Å². The van der Waals surface area contributed by atoms with E-state index in [4.69, 9.17) is 4.74 Å². The molecule has 0 unspecified atom stereocenters. The topological polar surface area (TPSA) is 58.6 Å². The highest BCUT2D eigenvalue weighted by atomic mass is 16.5. The maximum atomic E-state index is 11.6. The molecule has 0 radical (unpaired) electrons. The van der Waals surface area contributed by atoms with E-state index in [1.54, 1.807) is 25.9 Å². The van der Waals surface area contributed by atoms with Gasteiger partial charge in [0.05, 0.1) is 12.6 Å². The second kappa shape index (κ2) is 5.84. The van der Waals surface area contributed by atoms with E-state index in [0.29, 0.717) is 19.6 Å². The molecule has 0 aliphatic carbocycles. The van der Waals surface area contributed by atoms with Crippen LogP contribution in [0.1, 0.15) is 19.8 Å². The molecular formula is C11H20N2O3. The van der Waals surface area contributed by atoms with Gasteiger partial charge in [-0.05, 0) is 25.8 Å². The van der Waals surface area contributed by atoms with E-state index in [0.717, 1.165) is 6.42 Å². The van der Waals surface area contributed by atoms with Gasteiger partial charge in [0.1, 0.15) is 0 Å². The fourth-order valence-electron chi connectivity index (χ4n) is 1.92. The van der Waals surface area contributed by atoms with Crippen LogP contribution < -0.4 is 5.32 Å². The highest BCUT2D eigenvalue weighted by Gasteiger charge is 2.31. The third-order valence-corrected chi connectivity index (χ3v) is 2.72. The van der Waals surface area contributed by atoms with Crippen LogP contribution >= 0.6 is 0 Å². The Kier molecular flexibility index (Phi) is 4.73. The minimum Gasteiger partial charge on any atom is -0.466 e. The van der Waals surface area contributed by atoms with Gasteiger partial charge in [0, 0.05) is 20.5 Å². The van der Waals surface area contributed by atoms with Crippen molar-refractivity contribution < 1.29 is 14.3 Å². The third-order valence-electron chi connectivity index (χ3n) is 2.72. The Balaban J connectivity index is 2.35. The van der Waals surface area contributed by atoms with Crippen molar-refractivity contribution in [3.8, 4) is 0 Å². The summed E-state index contributed by atoms with van der Waals surface area (Å²) in [4.78, 5) is 24.5. The molecule has 1 heterocycles. The molecule has 0 aromatic heterocycles. The lowest BCUT2D eigenvalue weighted by Gasteiger charge is -2.15. The number of carbonyl (C=O) groups excluding carboxylic acids is 2. The van der Waals surface area contributed by atoms with E-state index in [1.807, 2.05) is 0 Å². The molecule has 2 atom stereocenters. The number of amides is 1. The van der Waals surface area contributed by atoms with E-state index in [2.05, 4.69) is 5.32 Å². The van der Waals surface area contributed by atoms with Crippen molar-refractivity contribution in [3.05, 3.63) is 0 Å². The van der Waals surface area contributed by atoms with Crippen molar-refractivity contribution in [1.82, 2.24) is 10.2 Å². The molecule has 5 heteroatoms. The lowest BCUT2D eigenvalue weighted by molar-refractivity contribution is -0.144. The molecule has 0 aromatic rings. The Labute approximate surface area is 96.1 Å². The van der Waals surface area contributed by atoms with Crippen LogP contribution in [0, 0.1) is 5.92 Å². The lowest BCUT2D eigenvalue weighted by atomic mass is 10.0. The molecule has 1 saturated heterocycles. The lowest BCUT2D eigenvalue weighted by Crippen LogP contribution is -2.39. The van der Waals surface area contributed by atoms with Crippen molar-refractivity contribution in [2.75, 3.05) is 27.2 Å². The van der Waals surface area contributed by atoms with E-state index in [1.165, 1.54) is 0 Å². The maximum absolute atomic E-state index is 11.6. The highest BCUT2D eigenvalue weighted by molar-refractivity contribution is 5.82. The fourth-order valence-corrected chi connectivity index (χ4v) is 1.92. The average Bonchev–Trinajstić information content (AvgIpc) is 2.65. The fraction of sp³-hybridized carbons (Fsp3) is 0.818. The number of carbonyl (C=O) groups is 2. The molecule has 0 aromatic carbocycles. The van der Waals surface area contributed by atoms with Gasteiger partial charge in [-0.1, -0.05) is 0 Å². The monoisotopic (exact) mass is 228 g/mol. The Hall–Kier alpha value is -1.10. The Morgan fingerprint density at radius 1 is 1.44 bits per heavy atom. The number of esters is 1. The predicted molar refractivity (Wildman–Crippen MR) is 59.8 cm³/mol. The maximum Gasteiger partial charge on any atom is 0.306 e. The van der Waals surface area contributed by atoms with E-state index in [-0.39, 0.29) is 23.8 Å². The summed E-state index contributed by atoms with van der Waals surface area (Å²) in [6.07, 6.45) is 1.12. The summed E-state index contributed by atoms with van der Waals surface area (Å²) in [5.74, 6) is 0.117. The predicted octanol–water partition coefficient (Wildman–Crippen LogP) is 0.00590. The van der Waals surface area contributed by atoms with Crippen LogP contribution in [0.15, 0.2) is 0 Å². The van der Waals surface area contributed by atoms with Crippen LogP contribution in [-0.2, 0) is 14.3 Å². The molecule has 0 saturated carbocycles. The van der Waals surface area contributed by atoms with Crippen molar-refractivity contribution in [3.63, 3.8) is 0 Å². The van der Waals surface area contributed by atoms with Gasteiger partial charge in [-0.15, -0.1) is 0 Å². The zero-order chi connectivity index (χ0) is 12.1. The largest absolute Gasteiger partial charge is 0.466 e. The first-order valence-corrected chi connectivity index (χ1v) is 5.64.